The normalized spacial score (nSPS) is 14.0. The third-order valence-corrected chi connectivity index (χ3v) is 4.01. The van der Waals surface area contributed by atoms with Crippen LogP contribution in [0.3, 0.4) is 0 Å². The molecule has 0 fully saturated rings. The molecule has 0 aliphatic heterocycles. The molecule has 0 saturated heterocycles. The van der Waals surface area contributed by atoms with E-state index in [2.05, 4.69) is 5.32 Å². The molecule has 0 spiro atoms. The summed E-state index contributed by atoms with van der Waals surface area (Å²) in [5.74, 6) is -0.0715. The summed E-state index contributed by atoms with van der Waals surface area (Å²) in [7, 11) is 0. The molecule has 0 heterocycles. The second-order valence-electron chi connectivity index (χ2n) is 4.54. The number of hydrogen-bond acceptors (Lipinski definition) is 3. The maximum Gasteiger partial charge on any atom is 0.252 e. The molecule has 1 aromatic carbocycles. The Morgan fingerprint density at radius 2 is 2.11 bits per heavy atom. The number of carbonyl (C=O) groups excluding carboxylic acids is 1. The van der Waals surface area contributed by atoms with Gasteiger partial charge in [0.1, 0.15) is 0 Å². The lowest BCUT2D eigenvalue weighted by Gasteiger charge is -2.29. The largest absolute Gasteiger partial charge is 0.396 e. The number of carbonyl (C=O) groups is 1. The maximum atomic E-state index is 12.3. The lowest BCUT2D eigenvalue weighted by Crippen LogP contribution is -2.46. The first-order valence-corrected chi connectivity index (χ1v) is 7.35. The van der Waals surface area contributed by atoms with Gasteiger partial charge in [0.05, 0.1) is 5.56 Å². The average Bonchev–Trinajstić information content (AvgIpc) is 2.38. The van der Waals surface area contributed by atoms with Crippen molar-refractivity contribution in [2.45, 2.75) is 37.1 Å². The summed E-state index contributed by atoms with van der Waals surface area (Å²) in [5.41, 5.74) is 0.347. The van der Waals surface area contributed by atoms with Crippen molar-refractivity contribution in [1.82, 2.24) is 5.32 Å². The van der Waals surface area contributed by atoms with Crippen LogP contribution in [0.25, 0.3) is 0 Å². The van der Waals surface area contributed by atoms with Crippen molar-refractivity contribution >= 4 is 17.7 Å². The van der Waals surface area contributed by atoms with Gasteiger partial charge in [0, 0.05) is 17.0 Å². The summed E-state index contributed by atoms with van der Waals surface area (Å²) in [4.78, 5) is 13.2. The molecule has 3 nitrogen and oxygen atoms in total. The van der Waals surface area contributed by atoms with Crippen molar-refractivity contribution in [3.8, 4) is 0 Å². The lowest BCUT2D eigenvalue weighted by molar-refractivity contribution is 0.0883. The molecule has 0 saturated carbocycles. The van der Waals surface area contributed by atoms with Crippen LogP contribution in [0.4, 0.5) is 0 Å². The Balaban J connectivity index is 2.87. The number of thioether (sulfide) groups is 1. The second-order valence-corrected chi connectivity index (χ2v) is 5.39. The average molecular weight is 267 g/mol. The first-order chi connectivity index (χ1) is 8.56. The Morgan fingerprint density at radius 1 is 1.44 bits per heavy atom. The highest BCUT2D eigenvalue weighted by Gasteiger charge is 2.24. The molecule has 0 aliphatic rings. The highest BCUT2D eigenvalue weighted by Crippen LogP contribution is 2.21. The van der Waals surface area contributed by atoms with Crippen LogP contribution in [0.2, 0.25) is 0 Å². The Bertz CT molecular complexity index is 409. The Kier molecular flexibility index (Phi) is 5.69. The van der Waals surface area contributed by atoms with E-state index in [0.717, 1.165) is 11.3 Å². The highest BCUT2D eigenvalue weighted by molar-refractivity contribution is 7.98. The molecule has 100 valence electrons. The standard InChI is InChI=1S/C14H21NO2S/c1-4-14(2,9-10-16)15-13(17)11-7-5-6-8-12(11)18-3/h5-8,16H,4,9-10H2,1-3H3,(H,15,17). The molecular weight excluding hydrogens is 246 g/mol. The topological polar surface area (TPSA) is 49.3 Å². The van der Waals surface area contributed by atoms with Crippen molar-refractivity contribution in [1.29, 1.82) is 0 Å². The quantitative estimate of drug-likeness (QED) is 0.779. The third-order valence-electron chi connectivity index (χ3n) is 3.21. The lowest BCUT2D eigenvalue weighted by atomic mass is 9.94. The number of nitrogens with one attached hydrogen (secondary N) is 1. The van der Waals surface area contributed by atoms with Crippen molar-refractivity contribution in [2.75, 3.05) is 12.9 Å². The number of aliphatic hydroxyl groups excluding tert-OH is 1. The fourth-order valence-corrected chi connectivity index (χ4v) is 2.34. The summed E-state index contributed by atoms with van der Waals surface area (Å²) < 4.78 is 0. The van der Waals surface area contributed by atoms with Gasteiger partial charge in [0.15, 0.2) is 0 Å². The summed E-state index contributed by atoms with van der Waals surface area (Å²) in [6, 6.07) is 7.56. The molecule has 0 aliphatic carbocycles. The van der Waals surface area contributed by atoms with E-state index < -0.39 is 0 Å². The zero-order valence-electron chi connectivity index (χ0n) is 11.2. The molecular formula is C14H21NO2S. The van der Waals surface area contributed by atoms with Crippen LogP contribution in [-0.4, -0.2) is 29.4 Å². The number of amides is 1. The van der Waals surface area contributed by atoms with Gasteiger partial charge in [-0.2, -0.15) is 0 Å². The van der Waals surface area contributed by atoms with Crippen LogP contribution in [0.1, 0.15) is 37.0 Å². The predicted molar refractivity (Wildman–Crippen MR) is 76.1 cm³/mol. The van der Waals surface area contributed by atoms with Crippen LogP contribution in [0, 0.1) is 0 Å². The molecule has 0 radical (unpaired) electrons. The Labute approximate surface area is 113 Å². The minimum atomic E-state index is -0.350. The van der Waals surface area contributed by atoms with Crippen LogP contribution in [-0.2, 0) is 0 Å². The van der Waals surface area contributed by atoms with Crippen LogP contribution >= 0.6 is 11.8 Å². The summed E-state index contributed by atoms with van der Waals surface area (Å²) in [6.07, 6.45) is 3.32. The van der Waals surface area contributed by atoms with Gasteiger partial charge in [0.2, 0.25) is 0 Å². The molecule has 1 aromatic rings. The number of benzene rings is 1. The van der Waals surface area contributed by atoms with E-state index >= 15 is 0 Å². The predicted octanol–water partition coefficient (Wildman–Crippen LogP) is 2.69. The van der Waals surface area contributed by atoms with E-state index in [-0.39, 0.29) is 18.1 Å². The molecule has 0 aromatic heterocycles. The molecule has 1 atom stereocenters. The summed E-state index contributed by atoms with van der Waals surface area (Å²) >= 11 is 1.56. The molecule has 18 heavy (non-hydrogen) atoms. The van der Waals surface area contributed by atoms with E-state index in [1.54, 1.807) is 11.8 Å². The van der Waals surface area contributed by atoms with Gasteiger partial charge in [-0.25, -0.2) is 0 Å². The van der Waals surface area contributed by atoms with Crippen LogP contribution in [0.5, 0.6) is 0 Å². The second kappa shape index (κ2) is 6.81. The van der Waals surface area contributed by atoms with Gasteiger partial charge in [-0.05, 0) is 38.2 Å². The molecule has 0 bridgehead atoms. The zero-order chi connectivity index (χ0) is 13.6. The fraction of sp³-hybridized carbons (Fsp3) is 0.500. The monoisotopic (exact) mass is 267 g/mol. The van der Waals surface area contributed by atoms with Crippen molar-refractivity contribution in [2.24, 2.45) is 0 Å². The smallest absolute Gasteiger partial charge is 0.252 e. The number of rotatable bonds is 6. The van der Waals surface area contributed by atoms with E-state index in [1.165, 1.54) is 0 Å². The van der Waals surface area contributed by atoms with Gasteiger partial charge in [0.25, 0.3) is 5.91 Å². The maximum absolute atomic E-state index is 12.3. The van der Waals surface area contributed by atoms with Crippen molar-refractivity contribution < 1.29 is 9.90 Å². The zero-order valence-corrected chi connectivity index (χ0v) is 12.0. The van der Waals surface area contributed by atoms with E-state index in [0.29, 0.717) is 12.0 Å². The van der Waals surface area contributed by atoms with Crippen molar-refractivity contribution in [3.63, 3.8) is 0 Å². The minimum Gasteiger partial charge on any atom is -0.396 e. The SMILES string of the molecule is CCC(C)(CCO)NC(=O)c1ccccc1SC. The minimum absolute atomic E-state index is 0.0715. The Morgan fingerprint density at radius 3 is 2.67 bits per heavy atom. The van der Waals surface area contributed by atoms with Crippen LogP contribution < -0.4 is 5.32 Å². The number of hydrogen-bond donors (Lipinski definition) is 2. The van der Waals surface area contributed by atoms with Crippen molar-refractivity contribution in [3.05, 3.63) is 29.8 Å². The molecule has 2 N–H and O–H groups in total. The van der Waals surface area contributed by atoms with Gasteiger partial charge >= 0.3 is 0 Å². The van der Waals surface area contributed by atoms with E-state index in [9.17, 15) is 4.79 Å². The van der Waals surface area contributed by atoms with Gasteiger partial charge in [-0.15, -0.1) is 11.8 Å². The van der Waals surface area contributed by atoms with Gasteiger partial charge in [-0.1, -0.05) is 19.1 Å². The van der Waals surface area contributed by atoms with Gasteiger partial charge < -0.3 is 10.4 Å². The molecule has 4 heteroatoms. The first kappa shape index (κ1) is 15.1. The summed E-state index contributed by atoms with van der Waals surface area (Å²) in [5, 5.41) is 12.1. The Hall–Kier alpha value is -1.00. The van der Waals surface area contributed by atoms with E-state index in [4.69, 9.17) is 5.11 Å². The van der Waals surface area contributed by atoms with Crippen LogP contribution in [0.15, 0.2) is 29.2 Å². The number of aliphatic hydroxyl groups is 1. The molecule has 1 unspecified atom stereocenters. The summed E-state index contributed by atoms with van der Waals surface area (Å²) in [6.45, 7) is 4.05. The fourth-order valence-electron chi connectivity index (χ4n) is 1.75. The van der Waals surface area contributed by atoms with Gasteiger partial charge in [-0.3, -0.25) is 4.79 Å². The molecule has 1 amide bonds. The third kappa shape index (κ3) is 3.75. The van der Waals surface area contributed by atoms with E-state index in [1.807, 2.05) is 44.4 Å². The first-order valence-electron chi connectivity index (χ1n) is 6.12. The molecule has 1 rings (SSSR count). The highest BCUT2D eigenvalue weighted by atomic mass is 32.2.